The molecule has 6 nitrogen and oxygen atoms in total. The highest BCUT2D eigenvalue weighted by atomic mass is 32.2. The van der Waals surface area contributed by atoms with Crippen LogP contribution in [0.2, 0.25) is 0 Å². The molecule has 7 heteroatoms. The van der Waals surface area contributed by atoms with E-state index in [1.807, 2.05) is 36.7 Å². The number of benzene rings is 1. The summed E-state index contributed by atoms with van der Waals surface area (Å²) in [6.07, 6.45) is 6.50. The van der Waals surface area contributed by atoms with Crippen LogP contribution in [0.3, 0.4) is 0 Å². The first-order valence-electron chi connectivity index (χ1n) is 7.61. The van der Waals surface area contributed by atoms with Gasteiger partial charge in [0.25, 0.3) is 0 Å². The quantitative estimate of drug-likeness (QED) is 0.788. The zero-order valence-corrected chi connectivity index (χ0v) is 13.6. The lowest BCUT2D eigenvalue weighted by molar-refractivity contribution is 0.598. The molecule has 0 aliphatic heterocycles. The van der Waals surface area contributed by atoms with E-state index < -0.39 is 10.0 Å². The molecule has 2 aromatic heterocycles. The van der Waals surface area contributed by atoms with E-state index in [0.29, 0.717) is 11.8 Å². The van der Waals surface area contributed by atoms with Gasteiger partial charge in [0.05, 0.1) is 4.90 Å². The third-order valence-corrected chi connectivity index (χ3v) is 5.29. The Balaban J connectivity index is 1.50. The van der Waals surface area contributed by atoms with Gasteiger partial charge in [-0.3, -0.25) is 0 Å². The molecule has 0 spiro atoms. The van der Waals surface area contributed by atoms with Crippen molar-refractivity contribution in [3.8, 4) is 5.82 Å². The molecule has 1 aliphatic carbocycles. The maximum Gasteiger partial charge on any atom is 0.238 e. The molecule has 0 saturated heterocycles. The summed E-state index contributed by atoms with van der Waals surface area (Å²) in [5.74, 6) is 1.61. The molecule has 0 radical (unpaired) electrons. The van der Waals surface area contributed by atoms with Gasteiger partial charge in [-0.1, -0.05) is 18.2 Å². The Morgan fingerprint density at radius 1 is 1.04 bits per heavy atom. The summed E-state index contributed by atoms with van der Waals surface area (Å²) >= 11 is 0. The molecule has 0 amide bonds. The van der Waals surface area contributed by atoms with Crippen molar-refractivity contribution in [2.75, 3.05) is 0 Å². The first kappa shape index (κ1) is 15.0. The number of hydrogen-bond donors (Lipinski definition) is 1. The van der Waals surface area contributed by atoms with Crippen LogP contribution in [0.25, 0.3) is 5.82 Å². The van der Waals surface area contributed by atoms with Gasteiger partial charge in [-0.15, -0.1) is 0 Å². The Kier molecular flexibility index (Phi) is 3.47. The van der Waals surface area contributed by atoms with Crippen LogP contribution in [-0.4, -0.2) is 23.2 Å². The molecule has 1 aromatic carbocycles. The first-order chi connectivity index (χ1) is 11.5. The molecule has 0 unspecified atom stereocenters. The minimum atomic E-state index is -3.64. The van der Waals surface area contributed by atoms with Gasteiger partial charge in [-0.2, -0.15) is 5.10 Å². The molecular weight excluding hydrogens is 324 g/mol. The predicted octanol–water partition coefficient (Wildman–Crippen LogP) is 2.19. The van der Waals surface area contributed by atoms with Crippen molar-refractivity contribution < 1.29 is 8.42 Å². The predicted molar refractivity (Wildman–Crippen MR) is 89.3 cm³/mol. The van der Waals surface area contributed by atoms with Crippen molar-refractivity contribution in [2.45, 2.75) is 23.2 Å². The highest BCUT2D eigenvalue weighted by Crippen LogP contribution is 2.54. The number of nitrogens with zero attached hydrogens (tertiary/aromatic N) is 3. The number of sulfonamides is 1. The summed E-state index contributed by atoms with van der Waals surface area (Å²) in [6.45, 7) is 0. The van der Waals surface area contributed by atoms with Crippen LogP contribution in [0.1, 0.15) is 29.4 Å². The van der Waals surface area contributed by atoms with Crippen LogP contribution >= 0.6 is 0 Å². The zero-order chi connectivity index (χ0) is 16.7. The summed E-state index contributed by atoms with van der Waals surface area (Å²) in [4.78, 5) is 4.61. The van der Waals surface area contributed by atoms with Crippen LogP contribution in [0, 0.1) is 0 Å². The lowest BCUT2D eigenvalue weighted by Gasteiger charge is -2.04. The van der Waals surface area contributed by atoms with Crippen LogP contribution in [0.5, 0.6) is 0 Å². The molecule has 1 saturated carbocycles. The Bertz CT molecular complexity index is 949. The second-order valence-electron chi connectivity index (χ2n) is 5.96. The minimum absolute atomic E-state index is 0.147. The number of pyridine rings is 1. The number of primary sulfonamides is 1. The molecule has 3 aromatic rings. The summed E-state index contributed by atoms with van der Waals surface area (Å²) in [5, 5.41) is 9.29. The van der Waals surface area contributed by atoms with Crippen LogP contribution < -0.4 is 5.14 Å². The molecule has 24 heavy (non-hydrogen) atoms. The van der Waals surface area contributed by atoms with E-state index in [9.17, 15) is 8.42 Å². The number of aromatic nitrogens is 3. The SMILES string of the molecule is NS(=O)(=O)c1ccc([C@@H]2C[C@H]2c2ccc(-n3cccn3)nc2)cc1. The third-order valence-electron chi connectivity index (χ3n) is 4.37. The summed E-state index contributed by atoms with van der Waals surface area (Å²) in [6, 6.07) is 12.7. The average molecular weight is 340 g/mol. The lowest BCUT2D eigenvalue weighted by atomic mass is 10.1. The molecule has 2 heterocycles. The average Bonchev–Trinajstić information content (AvgIpc) is 3.19. The van der Waals surface area contributed by atoms with Gasteiger partial charge in [0.15, 0.2) is 5.82 Å². The Morgan fingerprint density at radius 2 is 1.75 bits per heavy atom. The van der Waals surface area contributed by atoms with Crippen molar-refractivity contribution in [1.29, 1.82) is 0 Å². The molecule has 122 valence electrons. The van der Waals surface area contributed by atoms with Gasteiger partial charge in [-0.25, -0.2) is 23.2 Å². The van der Waals surface area contributed by atoms with Crippen molar-refractivity contribution in [1.82, 2.24) is 14.8 Å². The molecule has 0 bridgehead atoms. The monoisotopic (exact) mass is 340 g/mol. The Labute approximate surface area is 140 Å². The summed E-state index contributed by atoms with van der Waals surface area (Å²) < 4.78 is 24.3. The van der Waals surface area contributed by atoms with E-state index in [4.69, 9.17) is 5.14 Å². The van der Waals surface area contributed by atoms with E-state index >= 15 is 0 Å². The van der Waals surface area contributed by atoms with E-state index in [0.717, 1.165) is 17.8 Å². The van der Waals surface area contributed by atoms with Gasteiger partial charge in [0.2, 0.25) is 10.0 Å². The second-order valence-corrected chi connectivity index (χ2v) is 7.52. The molecule has 2 N–H and O–H groups in total. The second kappa shape index (κ2) is 5.54. The molecule has 2 atom stereocenters. The van der Waals surface area contributed by atoms with E-state index in [2.05, 4.69) is 16.1 Å². The van der Waals surface area contributed by atoms with Gasteiger partial charge >= 0.3 is 0 Å². The number of nitrogens with two attached hydrogens (primary N) is 1. The summed E-state index contributed by atoms with van der Waals surface area (Å²) in [7, 11) is -3.64. The topological polar surface area (TPSA) is 90.9 Å². The van der Waals surface area contributed by atoms with Gasteiger partial charge in [0, 0.05) is 18.6 Å². The number of hydrogen-bond acceptors (Lipinski definition) is 4. The zero-order valence-electron chi connectivity index (χ0n) is 12.8. The minimum Gasteiger partial charge on any atom is -0.237 e. The first-order valence-corrected chi connectivity index (χ1v) is 9.16. The van der Waals surface area contributed by atoms with E-state index in [-0.39, 0.29) is 4.90 Å². The highest BCUT2D eigenvalue weighted by Gasteiger charge is 2.39. The lowest BCUT2D eigenvalue weighted by Crippen LogP contribution is -2.11. The van der Waals surface area contributed by atoms with Crippen molar-refractivity contribution in [2.24, 2.45) is 5.14 Å². The fourth-order valence-electron chi connectivity index (χ4n) is 2.99. The van der Waals surface area contributed by atoms with Crippen molar-refractivity contribution in [3.63, 3.8) is 0 Å². The van der Waals surface area contributed by atoms with E-state index in [1.54, 1.807) is 23.0 Å². The van der Waals surface area contributed by atoms with Gasteiger partial charge in [0.1, 0.15) is 0 Å². The van der Waals surface area contributed by atoms with Crippen LogP contribution in [0.4, 0.5) is 0 Å². The van der Waals surface area contributed by atoms with Crippen molar-refractivity contribution >= 4 is 10.0 Å². The molecule has 1 fully saturated rings. The van der Waals surface area contributed by atoms with Crippen LogP contribution in [-0.2, 0) is 10.0 Å². The fourth-order valence-corrected chi connectivity index (χ4v) is 3.51. The smallest absolute Gasteiger partial charge is 0.237 e. The van der Waals surface area contributed by atoms with Crippen LogP contribution in [0.15, 0.2) is 66.0 Å². The molecular formula is C17H16N4O2S. The molecule has 4 rings (SSSR count). The Morgan fingerprint density at radius 3 is 2.33 bits per heavy atom. The van der Waals surface area contributed by atoms with Gasteiger partial charge < -0.3 is 0 Å². The molecule has 1 aliphatic rings. The Hall–Kier alpha value is -2.51. The highest BCUT2D eigenvalue weighted by molar-refractivity contribution is 7.89. The van der Waals surface area contributed by atoms with E-state index in [1.165, 1.54) is 5.56 Å². The largest absolute Gasteiger partial charge is 0.238 e. The number of rotatable bonds is 4. The third kappa shape index (κ3) is 2.83. The van der Waals surface area contributed by atoms with Crippen molar-refractivity contribution in [3.05, 3.63) is 72.2 Å². The maximum atomic E-state index is 11.3. The standard InChI is InChI=1S/C17H16N4O2S/c18-24(22,23)14-5-2-12(3-6-14)15-10-16(15)13-4-7-17(19-11-13)21-9-1-8-20-21/h1-9,11,15-16H,10H2,(H2,18,22,23)/t15-,16-/m0/s1. The fraction of sp³-hybridized carbons (Fsp3) is 0.176. The van der Waals surface area contributed by atoms with Gasteiger partial charge in [-0.05, 0) is 53.6 Å². The maximum absolute atomic E-state index is 11.3. The normalized spacial score (nSPS) is 20.0. The summed E-state index contributed by atoms with van der Waals surface area (Å²) in [5.41, 5.74) is 2.31.